The fraction of sp³-hybridized carbons (Fsp3) is 0.364. The molecule has 2 N–H and O–H groups in total. The van der Waals surface area contributed by atoms with Gasteiger partial charge >= 0.3 is 11.7 Å². The topological polar surface area (TPSA) is 87.6 Å². The van der Waals surface area contributed by atoms with Crippen molar-refractivity contribution in [2.75, 3.05) is 13.1 Å². The van der Waals surface area contributed by atoms with Crippen molar-refractivity contribution in [1.82, 2.24) is 14.5 Å². The zero-order valence-electron chi connectivity index (χ0n) is 16.4. The number of para-hydroxylation sites is 3. The Balaban J connectivity index is 1.44. The van der Waals surface area contributed by atoms with Gasteiger partial charge in [-0.1, -0.05) is 30.3 Å². The molecule has 1 unspecified atom stereocenters. The van der Waals surface area contributed by atoms with Crippen LogP contribution in [0.4, 0.5) is 0 Å². The summed E-state index contributed by atoms with van der Waals surface area (Å²) < 4.78 is 7.50. The van der Waals surface area contributed by atoms with E-state index in [0.717, 1.165) is 42.5 Å². The highest BCUT2D eigenvalue weighted by Crippen LogP contribution is 2.27. The highest BCUT2D eigenvalue weighted by Gasteiger charge is 2.24. The van der Waals surface area contributed by atoms with Crippen molar-refractivity contribution in [2.24, 2.45) is 0 Å². The van der Waals surface area contributed by atoms with Crippen molar-refractivity contribution in [3.8, 4) is 5.75 Å². The summed E-state index contributed by atoms with van der Waals surface area (Å²) in [6.07, 6.45) is 0.878. The minimum Gasteiger partial charge on any atom is -0.479 e. The van der Waals surface area contributed by atoms with Gasteiger partial charge in [-0.25, -0.2) is 9.59 Å². The summed E-state index contributed by atoms with van der Waals surface area (Å²) in [7, 11) is 0. The number of rotatable bonds is 6. The van der Waals surface area contributed by atoms with E-state index in [1.54, 1.807) is 0 Å². The van der Waals surface area contributed by atoms with Gasteiger partial charge in [0.15, 0.2) is 6.10 Å². The number of nitrogens with zero attached hydrogens (tertiary/aromatic N) is 2. The first kappa shape index (κ1) is 19.3. The maximum atomic E-state index is 12.4. The number of ether oxygens (including phenoxy) is 1. The van der Waals surface area contributed by atoms with Crippen LogP contribution in [0.5, 0.6) is 5.75 Å². The van der Waals surface area contributed by atoms with Crippen LogP contribution < -0.4 is 10.4 Å². The SMILES string of the molecule is CC(Oc1ccccc1CN1CCC(n2c(=O)[nH]c3ccccc32)CC1)C(=O)O. The van der Waals surface area contributed by atoms with Crippen molar-refractivity contribution in [2.45, 2.75) is 38.5 Å². The number of carboxylic acids is 1. The predicted octanol–water partition coefficient (Wildman–Crippen LogP) is 3.02. The first-order chi connectivity index (χ1) is 14.0. The van der Waals surface area contributed by atoms with Gasteiger partial charge in [-0.2, -0.15) is 0 Å². The summed E-state index contributed by atoms with van der Waals surface area (Å²) in [6.45, 7) is 3.94. The lowest BCUT2D eigenvalue weighted by Gasteiger charge is -2.33. The molecule has 4 rings (SSSR count). The minimum atomic E-state index is -0.982. The highest BCUT2D eigenvalue weighted by atomic mass is 16.5. The molecule has 0 saturated carbocycles. The second-order valence-corrected chi connectivity index (χ2v) is 7.53. The Morgan fingerprint density at radius 2 is 1.86 bits per heavy atom. The van der Waals surface area contributed by atoms with Crippen LogP contribution in [0.1, 0.15) is 31.4 Å². The van der Waals surface area contributed by atoms with E-state index in [9.17, 15) is 9.59 Å². The fourth-order valence-corrected chi connectivity index (χ4v) is 4.00. The van der Waals surface area contributed by atoms with E-state index in [2.05, 4.69) is 9.88 Å². The van der Waals surface area contributed by atoms with Crippen LogP contribution in [-0.2, 0) is 11.3 Å². The fourth-order valence-electron chi connectivity index (χ4n) is 4.00. The number of H-pyrrole nitrogens is 1. The van der Waals surface area contributed by atoms with Crippen molar-refractivity contribution < 1.29 is 14.6 Å². The van der Waals surface area contributed by atoms with Crippen molar-refractivity contribution in [3.05, 3.63) is 64.6 Å². The standard InChI is InChI=1S/C22H25N3O4/c1-15(21(26)27)29-20-9-5-2-6-16(20)14-24-12-10-17(11-13-24)25-19-8-4-3-7-18(19)23-22(25)28/h2-9,15,17H,10-14H2,1H3,(H,23,28)(H,26,27). The molecular formula is C22H25N3O4. The van der Waals surface area contributed by atoms with E-state index < -0.39 is 12.1 Å². The molecule has 152 valence electrons. The Morgan fingerprint density at radius 1 is 1.17 bits per heavy atom. The van der Waals surface area contributed by atoms with Gasteiger partial charge in [0.1, 0.15) is 5.75 Å². The Kier molecular flexibility index (Phi) is 5.40. The number of fused-ring (bicyclic) bond motifs is 1. The number of carbonyl (C=O) groups is 1. The number of carboxylic acid groups (broad SMARTS) is 1. The molecule has 29 heavy (non-hydrogen) atoms. The molecule has 1 atom stereocenters. The molecule has 7 heteroatoms. The maximum Gasteiger partial charge on any atom is 0.344 e. The lowest BCUT2D eigenvalue weighted by molar-refractivity contribution is -0.144. The first-order valence-electron chi connectivity index (χ1n) is 9.92. The number of likely N-dealkylation sites (tertiary alicyclic amines) is 1. The zero-order chi connectivity index (χ0) is 20.4. The molecule has 2 aromatic carbocycles. The molecule has 0 amide bonds. The maximum absolute atomic E-state index is 12.4. The normalized spacial score (nSPS) is 16.7. The number of aromatic nitrogens is 2. The van der Waals surface area contributed by atoms with Crippen LogP contribution in [0.3, 0.4) is 0 Å². The average molecular weight is 395 g/mol. The van der Waals surface area contributed by atoms with Crippen LogP contribution >= 0.6 is 0 Å². The number of benzene rings is 2. The molecule has 7 nitrogen and oxygen atoms in total. The van der Waals surface area contributed by atoms with Crippen LogP contribution in [0, 0.1) is 0 Å². The summed E-state index contributed by atoms with van der Waals surface area (Å²) in [4.78, 5) is 28.8. The van der Waals surface area contributed by atoms with Gasteiger partial charge in [0.05, 0.1) is 11.0 Å². The molecular weight excluding hydrogens is 370 g/mol. The number of hydrogen-bond donors (Lipinski definition) is 2. The van der Waals surface area contributed by atoms with E-state index in [4.69, 9.17) is 9.84 Å². The number of imidazole rings is 1. The summed E-state index contributed by atoms with van der Waals surface area (Å²) in [5.41, 5.74) is 2.75. The van der Waals surface area contributed by atoms with Crippen molar-refractivity contribution >= 4 is 17.0 Å². The van der Waals surface area contributed by atoms with Gasteiger partial charge in [0, 0.05) is 31.2 Å². The molecule has 1 saturated heterocycles. The van der Waals surface area contributed by atoms with Crippen LogP contribution in [0.25, 0.3) is 11.0 Å². The Morgan fingerprint density at radius 3 is 2.62 bits per heavy atom. The van der Waals surface area contributed by atoms with Crippen LogP contribution in [0.2, 0.25) is 0 Å². The summed E-state index contributed by atoms with van der Waals surface area (Å²) >= 11 is 0. The largest absolute Gasteiger partial charge is 0.479 e. The van der Waals surface area contributed by atoms with E-state index in [1.807, 2.05) is 53.1 Å². The van der Waals surface area contributed by atoms with Crippen molar-refractivity contribution in [3.63, 3.8) is 0 Å². The summed E-state index contributed by atoms with van der Waals surface area (Å²) in [5.74, 6) is -0.373. The third kappa shape index (κ3) is 4.05. The molecule has 0 spiro atoms. The van der Waals surface area contributed by atoms with Crippen LogP contribution in [0.15, 0.2) is 53.3 Å². The third-order valence-electron chi connectivity index (χ3n) is 5.56. The van der Waals surface area contributed by atoms with E-state index in [1.165, 1.54) is 6.92 Å². The molecule has 1 aliphatic heterocycles. The second-order valence-electron chi connectivity index (χ2n) is 7.53. The third-order valence-corrected chi connectivity index (χ3v) is 5.56. The lowest BCUT2D eigenvalue weighted by atomic mass is 10.0. The number of aliphatic carboxylic acids is 1. The molecule has 2 heterocycles. The van der Waals surface area contributed by atoms with E-state index >= 15 is 0 Å². The number of piperidine rings is 1. The van der Waals surface area contributed by atoms with Crippen molar-refractivity contribution in [1.29, 1.82) is 0 Å². The quantitative estimate of drug-likeness (QED) is 0.670. The zero-order valence-corrected chi connectivity index (χ0v) is 16.4. The first-order valence-corrected chi connectivity index (χ1v) is 9.92. The van der Waals surface area contributed by atoms with Gasteiger partial charge in [0.25, 0.3) is 0 Å². The Labute approximate surface area is 168 Å². The Bertz CT molecular complexity index is 1060. The number of hydrogen-bond acceptors (Lipinski definition) is 4. The Hall–Kier alpha value is -3.06. The molecule has 0 bridgehead atoms. The van der Waals surface area contributed by atoms with Gasteiger partial charge < -0.3 is 14.8 Å². The average Bonchev–Trinajstić information content (AvgIpc) is 3.05. The summed E-state index contributed by atoms with van der Waals surface area (Å²) in [5, 5.41) is 9.11. The molecule has 0 radical (unpaired) electrons. The molecule has 3 aromatic rings. The molecule has 1 fully saturated rings. The highest BCUT2D eigenvalue weighted by molar-refractivity contribution is 5.75. The summed E-state index contributed by atoms with van der Waals surface area (Å²) in [6, 6.07) is 15.5. The predicted molar refractivity (Wildman–Crippen MR) is 110 cm³/mol. The van der Waals surface area contributed by atoms with E-state index in [-0.39, 0.29) is 11.7 Å². The van der Waals surface area contributed by atoms with Gasteiger partial charge in [0.2, 0.25) is 0 Å². The smallest absolute Gasteiger partial charge is 0.344 e. The molecule has 1 aliphatic rings. The lowest BCUT2D eigenvalue weighted by Crippen LogP contribution is -2.36. The number of nitrogens with one attached hydrogen (secondary N) is 1. The molecule has 1 aromatic heterocycles. The van der Waals surface area contributed by atoms with Gasteiger partial charge in [-0.15, -0.1) is 0 Å². The molecule has 0 aliphatic carbocycles. The van der Waals surface area contributed by atoms with Crippen LogP contribution in [-0.4, -0.2) is 44.7 Å². The van der Waals surface area contributed by atoms with Gasteiger partial charge in [-0.3, -0.25) is 9.47 Å². The monoisotopic (exact) mass is 395 g/mol. The second kappa shape index (κ2) is 8.13. The number of aromatic amines is 1. The van der Waals surface area contributed by atoms with Gasteiger partial charge in [-0.05, 0) is 38.0 Å². The van der Waals surface area contributed by atoms with E-state index in [0.29, 0.717) is 12.3 Å². The minimum absolute atomic E-state index is 0.0500.